The van der Waals surface area contributed by atoms with Gasteiger partial charge in [0.1, 0.15) is 5.75 Å². The number of esters is 1. The van der Waals surface area contributed by atoms with Gasteiger partial charge < -0.3 is 9.47 Å². The Hall–Kier alpha value is -3.91. The van der Waals surface area contributed by atoms with E-state index in [-0.39, 0.29) is 21.4 Å². The van der Waals surface area contributed by atoms with Crippen molar-refractivity contribution in [1.29, 1.82) is 0 Å². The lowest BCUT2D eigenvalue weighted by atomic mass is 10.3. The summed E-state index contributed by atoms with van der Waals surface area (Å²) in [4.78, 5) is 12.5. The summed E-state index contributed by atoms with van der Waals surface area (Å²) in [5.41, 5.74) is 0.765. The van der Waals surface area contributed by atoms with E-state index in [1.54, 1.807) is 73.7 Å². The molecule has 3 aromatic carbocycles. The van der Waals surface area contributed by atoms with Crippen LogP contribution < -0.4 is 9.47 Å². The van der Waals surface area contributed by atoms with Crippen molar-refractivity contribution >= 4 is 15.8 Å². The summed E-state index contributed by atoms with van der Waals surface area (Å²) in [6.07, 6.45) is 0. The number of para-hydroxylation sites is 2. The molecule has 4 aromatic rings. The van der Waals surface area contributed by atoms with E-state index in [4.69, 9.17) is 9.47 Å². The first-order valence-electron chi connectivity index (χ1n) is 9.80. The predicted molar refractivity (Wildman–Crippen MR) is 118 cm³/mol. The minimum atomic E-state index is -4.00. The third kappa shape index (κ3) is 4.40. The Morgan fingerprint density at radius 2 is 1.44 bits per heavy atom. The maximum Gasteiger partial charge on any atom is 0.350 e. The summed E-state index contributed by atoms with van der Waals surface area (Å²) in [7, 11) is -4.00. The van der Waals surface area contributed by atoms with Crippen LogP contribution in [0.3, 0.4) is 0 Å². The lowest BCUT2D eigenvalue weighted by molar-refractivity contribution is -0.137. The second-order valence-electron chi connectivity index (χ2n) is 6.86. The fourth-order valence-corrected chi connectivity index (χ4v) is 4.69. The predicted octanol–water partition coefficient (Wildman–Crippen LogP) is 4.00. The largest absolute Gasteiger partial charge is 0.482 e. The normalized spacial score (nSPS) is 11.2. The van der Waals surface area contributed by atoms with Crippen LogP contribution in [0, 0.1) is 6.92 Å². The number of benzene rings is 3. The molecule has 0 bridgehead atoms. The number of carbonyl (C=O) groups is 1. The molecule has 162 valence electrons. The van der Waals surface area contributed by atoms with Gasteiger partial charge in [0.15, 0.2) is 11.5 Å². The van der Waals surface area contributed by atoms with Gasteiger partial charge in [0, 0.05) is 0 Å². The standard InChI is InChI=1S/C24H20N2O5S/c1-18-23(32(28,29)21-15-9-4-10-16-21)24(26(25-18)19-11-5-2-6-12-19)31-22(27)17-30-20-13-7-3-8-14-20/h2-16H,17H2,1H3. The van der Waals surface area contributed by atoms with Crippen LogP contribution >= 0.6 is 0 Å². The van der Waals surface area contributed by atoms with Crippen molar-refractivity contribution in [2.75, 3.05) is 6.61 Å². The first-order valence-corrected chi connectivity index (χ1v) is 11.3. The molecule has 0 atom stereocenters. The highest BCUT2D eigenvalue weighted by Gasteiger charge is 2.32. The number of hydrogen-bond acceptors (Lipinski definition) is 6. The molecule has 32 heavy (non-hydrogen) atoms. The molecular formula is C24H20N2O5S. The van der Waals surface area contributed by atoms with Crippen molar-refractivity contribution in [1.82, 2.24) is 9.78 Å². The molecule has 1 aromatic heterocycles. The first kappa shape index (κ1) is 21.3. The third-order valence-electron chi connectivity index (χ3n) is 4.60. The van der Waals surface area contributed by atoms with Crippen molar-refractivity contribution in [3.05, 3.63) is 96.7 Å². The molecule has 8 heteroatoms. The number of sulfone groups is 1. The summed E-state index contributed by atoms with van der Waals surface area (Å²) >= 11 is 0. The van der Waals surface area contributed by atoms with E-state index >= 15 is 0 Å². The van der Waals surface area contributed by atoms with E-state index < -0.39 is 22.4 Å². The Labute approximate surface area is 185 Å². The number of rotatable bonds is 7. The summed E-state index contributed by atoms with van der Waals surface area (Å²) in [5.74, 6) is -0.441. The zero-order valence-electron chi connectivity index (χ0n) is 17.2. The molecule has 0 N–H and O–H groups in total. The van der Waals surface area contributed by atoms with Gasteiger partial charge >= 0.3 is 5.97 Å². The van der Waals surface area contributed by atoms with Crippen molar-refractivity contribution in [3.63, 3.8) is 0 Å². The minimum Gasteiger partial charge on any atom is -0.482 e. The molecule has 0 aliphatic rings. The van der Waals surface area contributed by atoms with Gasteiger partial charge in [-0.2, -0.15) is 9.78 Å². The van der Waals surface area contributed by atoms with Crippen molar-refractivity contribution in [3.8, 4) is 17.3 Å². The fraction of sp³-hybridized carbons (Fsp3) is 0.0833. The van der Waals surface area contributed by atoms with Crippen LogP contribution in [0.2, 0.25) is 0 Å². The quantitative estimate of drug-likeness (QED) is 0.397. The number of ether oxygens (including phenoxy) is 2. The molecule has 0 spiro atoms. The van der Waals surface area contributed by atoms with E-state index in [0.717, 1.165) is 0 Å². The first-order chi connectivity index (χ1) is 15.5. The van der Waals surface area contributed by atoms with Crippen molar-refractivity contribution in [2.24, 2.45) is 0 Å². The van der Waals surface area contributed by atoms with Crippen LogP contribution in [0.1, 0.15) is 5.69 Å². The molecule has 7 nitrogen and oxygen atoms in total. The smallest absolute Gasteiger partial charge is 0.350 e. The Morgan fingerprint density at radius 3 is 2.06 bits per heavy atom. The zero-order chi connectivity index (χ0) is 22.6. The second-order valence-corrected chi connectivity index (χ2v) is 8.75. The van der Waals surface area contributed by atoms with Gasteiger partial charge in [-0.3, -0.25) is 0 Å². The lowest BCUT2D eigenvalue weighted by Gasteiger charge is -2.11. The van der Waals surface area contributed by atoms with Gasteiger partial charge in [-0.05, 0) is 43.3 Å². The van der Waals surface area contributed by atoms with E-state index in [2.05, 4.69) is 5.10 Å². The van der Waals surface area contributed by atoms with Crippen LogP contribution in [-0.4, -0.2) is 30.8 Å². The highest BCUT2D eigenvalue weighted by Crippen LogP contribution is 2.34. The average Bonchev–Trinajstić information content (AvgIpc) is 3.16. The Balaban J connectivity index is 1.74. The summed E-state index contributed by atoms with van der Waals surface area (Å²) in [6, 6.07) is 25.6. The maximum atomic E-state index is 13.4. The molecular weight excluding hydrogens is 428 g/mol. The second kappa shape index (κ2) is 9.07. The van der Waals surface area contributed by atoms with Crippen LogP contribution in [0.5, 0.6) is 11.6 Å². The molecule has 0 saturated heterocycles. The van der Waals surface area contributed by atoms with Crippen LogP contribution in [-0.2, 0) is 14.6 Å². The van der Waals surface area contributed by atoms with Gasteiger partial charge in [0.2, 0.25) is 15.7 Å². The Bertz CT molecular complexity index is 1320. The molecule has 0 amide bonds. The highest BCUT2D eigenvalue weighted by molar-refractivity contribution is 7.91. The van der Waals surface area contributed by atoms with Gasteiger partial charge in [-0.1, -0.05) is 54.6 Å². The van der Waals surface area contributed by atoms with Gasteiger partial charge in [-0.15, -0.1) is 0 Å². The van der Waals surface area contributed by atoms with Gasteiger partial charge in [-0.25, -0.2) is 13.2 Å². The molecule has 0 radical (unpaired) electrons. The highest BCUT2D eigenvalue weighted by atomic mass is 32.2. The number of nitrogens with zero attached hydrogens (tertiary/aromatic N) is 2. The number of aryl methyl sites for hydroxylation is 1. The minimum absolute atomic E-state index is 0.0774. The van der Waals surface area contributed by atoms with Crippen LogP contribution in [0.15, 0.2) is 101 Å². The molecule has 0 aliphatic heterocycles. The number of hydrogen-bond donors (Lipinski definition) is 0. The molecule has 1 heterocycles. The maximum absolute atomic E-state index is 13.4. The third-order valence-corrected chi connectivity index (χ3v) is 6.50. The fourth-order valence-electron chi connectivity index (χ4n) is 3.15. The molecule has 0 aliphatic carbocycles. The van der Waals surface area contributed by atoms with Gasteiger partial charge in [0.05, 0.1) is 16.3 Å². The number of carbonyl (C=O) groups excluding carboxylic acids is 1. The summed E-state index contributed by atoms with van der Waals surface area (Å²) < 4.78 is 39.1. The van der Waals surface area contributed by atoms with E-state index in [1.165, 1.54) is 16.8 Å². The van der Waals surface area contributed by atoms with E-state index in [0.29, 0.717) is 11.4 Å². The zero-order valence-corrected chi connectivity index (χ0v) is 18.0. The van der Waals surface area contributed by atoms with E-state index in [1.807, 2.05) is 12.1 Å². The van der Waals surface area contributed by atoms with Crippen LogP contribution in [0.25, 0.3) is 5.69 Å². The molecule has 4 rings (SSSR count). The molecule has 0 unspecified atom stereocenters. The lowest BCUT2D eigenvalue weighted by Crippen LogP contribution is -2.20. The summed E-state index contributed by atoms with van der Waals surface area (Å²) in [6.45, 7) is 1.17. The monoisotopic (exact) mass is 448 g/mol. The van der Waals surface area contributed by atoms with E-state index in [9.17, 15) is 13.2 Å². The Morgan fingerprint density at radius 1 is 0.875 bits per heavy atom. The molecule has 0 saturated carbocycles. The Kier molecular flexibility index (Phi) is 6.04. The van der Waals surface area contributed by atoms with Crippen molar-refractivity contribution < 1.29 is 22.7 Å². The molecule has 0 fully saturated rings. The number of aromatic nitrogens is 2. The SMILES string of the molecule is Cc1nn(-c2ccccc2)c(OC(=O)COc2ccccc2)c1S(=O)(=O)c1ccccc1. The van der Waals surface area contributed by atoms with Gasteiger partial charge in [0.25, 0.3) is 0 Å². The van der Waals surface area contributed by atoms with Crippen molar-refractivity contribution in [2.45, 2.75) is 16.7 Å². The summed E-state index contributed by atoms with van der Waals surface area (Å²) in [5, 5.41) is 4.36. The van der Waals surface area contributed by atoms with Crippen LogP contribution in [0.4, 0.5) is 0 Å². The topological polar surface area (TPSA) is 87.5 Å². The average molecular weight is 449 g/mol.